The summed E-state index contributed by atoms with van der Waals surface area (Å²) < 4.78 is 0. The van der Waals surface area contributed by atoms with Gasteiger partial charge in [0.1, 0.15) is 12.1 Å². The fourth-order valence-electron chi connectivity index (χ4n) is 5.05. The number of hydrogen-bond donors (Lipinski definition) is 2. The molecule has 35 heavy (non-hydrogen) atoms. The van der Waals surface area contributed by atoms with Crippen LogP contribution in [0.3, 0.4) is 0 Å². The fourth-order valence-corrected chi connectivity index (χ4v) is 5.05. The van der Waals surface area contributed by atoms with Gasteiger partial charge in [0.05, 0.1) is 18.6 Å². The molecule has 3 rings (SSSR count). The lowest BCUT2D eigenvalue weighted by molar-refractivity contribution is -0.138. The van der Waals surface area contributed by atoms with Crippen molar-refractivity contribution in [1.82, 2.24) is 15.1 Å². The number of hydrogen-bond acceptors (Lipinski definition) is 6. The molecule has 2 heterocycles. The van der Waals surface area contributed by atoms with E-state index >= 15 is 0 Å². The van der Waals surface area contributed by atoms with E-state index in [1.54, 1.807) is 21.9 Å². The van der Waals surface area contributed by atoms with Gasteiger partial charge in [-0.1, -0.05) is 27.2 Å². The third-order valence-electron chi connectivity index (χ3n) is 6.86. The van der Waals surface area contributed by atoms with Crippen LogP contribution in [0.15, 0.2) is 24.3 Å². The average molecular weight is 486 g/mol. The monoisotopic (exact) mass is 485 g/mol. The van der Waals surface area contributed by atoms with Gasteiger partial charge in [0.2, 0.25) is 11.8 Å². The number of nitrogens with one attached hydrogen (secondary N) is 1. The molecule has 9 heteroatoms. The number of carbonyl (C=O) groups excluding carboxylic acids is 4. The Morgan fingerprint density at radius 1 is 1.11 bits per heavy atom. The van der Waals surface area contributed by atoms with Crippen LogP contribution in [0.5, 0.6) is 0 Å². The van der Waals surface area contributed by atoms with Crippen molar-refractivity contribution in [2.75, 3.05) is 32.1 Å². The third kappa shape index (κ3) is 5.83. The van der Waals surface area contributed by atoms with Gasteiger partial charge in [0, 0.05) is 31.9 Å². The van der Waals surface area contributed by atoms with Gasteiger partial charge in [-0.2, -0.15) is 0 Å². The number of rotatable bonds is 9. The van der Waals surface area contributed by atoms with E-state index in [0.29, 0.717) is 31.4 Å². The van der Waals surface area contributed by atoms with Crippen LogP contribution in [0.2, 0.25) is 0 Å². The van der Waals surface area contributed by atoms with Crippen molar-refractivity contribution in [2.24, 2.45) is 11.7 Å². The second-order valence-corrected chi connectivity index (χ2v) is 10.3. The lowest BCUT2D eigenvalue weighted by Gasteiger charge is -2.29. The second kappa shape index (κ2) is 11.2. The van der Waals surface area contributed by atoms with E-state index in [2.05, 4.69) is 5.32 Å². The Labute approximate surface area is 208 Å². The Balaban J connectivity index is 1.75. The molecule has 1 aromatic carbocycles. The first-order chi connectivity index (χ1) is 16.5. The maximum absolute atomic E-state index is 13.6. The molecule has 2 aliphatic rings. The number of anilines is 1. The van der Waals surface area contributed by atoms with E-state index in [9.17, 15) is 19.2 Å². The van der Waals surface area contributed by atoms with Crippen LogP contribution >= 0.6 is 0 Å². The summed E-state index contributed by atoms with van der Waals surface area (Å²) in [5.74, 6) is -0.819. The molecule has 4 unspecified atom stereocenters. The standard InChI is InChI=1S/C26H39N5O4/c1-6-7-19(27)25(34)31-15-22(32)23-21(31)12-13-30(23)26(35)20(14-16(2)3)28-24(33)17-8-10-18(11-9-17)29(4)5/h8-11,16,19-21,23H,6-7,12-15,27H2,1-5H3,(H,28,33). The van der Waals surface area contributed by atoms with E-state index in [4.69, 9.17) is 5.73 Å². The Bertz CT molecular complexity index is 946. The molecule has 0 saturated carbocycles. The molecular formula is C26H39N5O4. The molecule has 2 saturated heterocycles. The van der Waals surface area contributed by atoms with Crippen LogP contribution in [-0.4, -0.2) is 84.7 Å². The third-order valence-corrected chi connectivity index (χ3v) is 6.86. The minimum Gasteiger partial charge on any atom is -0.378 e. The van der Waals surface area contributed by atoms with Gasteiger partial charge in [0.15, 0.2) is 5.78 Å². The Kier molecular flexibility index (Phi) is 8.53. The van der Waals surface area contributed by atoms with Crippen LogP contribution in [-0.2, 0) is 14.4 Å². The highest BCUT2D eigenvalue weighted by molar-refractivity contribution is 6.01. The Morgan fingerprint density at radius 2 is 1.77 bits per heavy atom. The predicted octanol–water partition coefficient (Wildman–Crippen LogP) is 1.41. The molecule has 1 aromatic rings. The van der Waals surface area contributed by atoms with E-state index in [1.165, 1.54) is 0 Å². The maximum Gasteiger partial charge on any atom is 0.251 e. The summed E-state index contributed by atoms with van der Waals surface area (Å²) in [6, 6.07) is 4.75. The summed E-state index contributed by atoms with van der Waals surface area (Å²) in [6.07, 6.45) is 2.32. The number of nitrogens with two attached hydrogens (primary N) is 1. The highest BCUT2D eigenvalue weighted by Crippen LogP contribution is 2.31. The highest BCUT2D eigenvalue weighted by atomic mass is 16.2. The molecule has 9 nitrogen and oxygen atoms in total. The zero-order valence-electron chi connectivity index (χ0n) is 21.5. The first-order valence-electron chi connectivity index (χ1n) is 12.5. The molecule has 0 radical (unpaired) electrons. The van der Waals surface area contributed by atoms with E-state index in [1.807, 2.05) is 51.9 Å². The number of benzene rings is 1. The fraction of sp³-hybridized carbons (Fsp3) is 0.615. The van der Waals surface area contributed by atoms with Gasteiger partial charge < -0.3 is 25.8 Å². The van der Waals surface area contributed by atoms with Crippen LogP contribution in [0, 0.1) is 5.92 Å². The molecule has 0 bridgehead atoms. The van der Waals surface area contributed by atoms with Crippen LogP contribution < -0.4 is 16.0 Å². The van der Waals surface area contributed by atoms with Crippen molar-refractivity contribution in [1.29, 1.82) is 0 Å². The average Bonchev–Trinajstić information content (AvgIpc) is 3.39. The summed E-state index contributed by atoms with van der Waals surface area (Å²) >= 11 is 0. The van der Waals surface area contributed by atoms with Crippen molar-refractivity contribution < 1.29 is 19.2 Å². The molecule has 2 aliphatic heterocycles. The molecule has 2 fully saturated rings. The van der Waals surface area contributed by atoms with Crippen LogP contribution in [0.25, 0.3) is 0 Å². The molecule has 3 N–H and O–H groups in total. The van der Waals surface area contributed by atoms with Crippen molar-refractivity contribution in [2.45, 2.75) is 70.6 Å². The highest BCUT2D eigenvalue weighted by Gasteiger charge is 2.52. The molecule has 4 atom stereocenters. The lowest BCUT2D eigenvalue weighted by atomic mass is 10.0. The molecule has 0 aliphatic carbocycles. The zero-order chi connectivity index (χ0) is 25.9. The summed E-state index contributed by atoms with van der Waals surface area (Å²) in [6.45, 7) is 6.28. The Morgan fingerprint density at radius 3 is 2.34 bits per heavy atom. The number of fused-ring (bicyclic) bond motifs is 1. The number of carbonyl (C=O) groups is 4. The van der Waals surface area contributed by atoms with Gasteiger partial charge in [-0.25, -0.2) is 0 Å². The minimum atomic E-state index is -0.755. The van der Waals surface area contributed by atoms with Crippen molar-refractivity contribution in [3.05, 3.63) is 29.8 Å². The van der Waals surface area contributed by atoms with Crippen molar-refractivity contribution >= 4 is 29.2 Å². The zero-order valence-corrected chi connectivity index (χ0v) is 21.5. The normalized spacial score (nSPS) is 21.2. The predicted molar refractivity (Wildman–Crippen MR) is 135 cm³/mol. The van der Waals surface area contributed by atoms with Crippen molar-refractivity contribution in [3.8, 4) is 0 Å². The number of amides is 3. The first kappa shape index (κ1) is 26.7. The molecule has 0 spiro atoms. The number of nitrogens with zero attached hydrogens (tertiary/aromatic N) is 3. The summed E-state index contributed by atoms with van der Waals surface area (Å²) in [7, 11) is 3.85. The van der Waals surface area contributed by atoms with Gasteiger partial charge >= 0.3 is 0 Å². The van der Waals surface area contributed by atoms with Gasteiger partial charge in [-0.3, -0.25) is 19.2 Å². The largest absolute Gasteiger partial charge is 0.378 e. The van der Waals surface area contributed by atoms with Gasteiger partial charge in [-0.15, -0.1) is 0 Å². The van der Waals surface area contributed by atoms with E-state index in [0.717, 1.165) is 12.1 Å². The van der Waals surface area contributed by atoms with Crippen LogP contribution in [0.4, 0.5) is 5.69 Å². The van der Waals surface area contributed by atoms with Crippen molar-refractivity contribution in [3.63, 3.8) is 0 Å². The summed E-state index contributed by atoms with van der Waals surface area (Å²) in [5.41, 5.74) is 7.47. The summed E-state index contributed by atoms with van der Waals surface area (Å²) in [5, 5.41) is 2.90. The lowest BCUT2D eigenvalue weighted by Crippen LogP contribution is -2.53. The summed E-state index contributed by atoms with van der Waals surface area (Å²) in [4.78, 5) is 57.4. The molecule has 192 valence electrons. The molecular weight excluding hydrogens is 446 g/mol. The first-order valence-corrected chi connectivity index (χ1v) is 12.5. The maximum atomic E-state index is 13.6. The minimum absolute atomic E-state index is 0.0191. The van der Waals surface area contributed by atoms with Gasteiger partial charge in [0.25, 0.3) is 5.91 Å². The van der Waals surface area contributed by atoms with E-state index in [-0.39, 0.29) is 42.0 Å². The molecule has 0 aromatic heterocycles. The second-order valence-electron chi connectivity index (χ2n) is 10.3. The number of likely N-dealkylation sites (tertiary alicyclic amines) is 2. The Hall–Kier alpha value is -2.94. The van der Waals surface area contributed by atoms with E-state index < -0.39 is 18.1 Å². The van der Waals surface area contributed by atoms with Gasteiger partial charge in [-0.05, 0) is 49.4 Å². The topological polar surface area (TPSA) is 116 Å². The number of ketones is 1. The smallest absolute Gasteiger partial charge is 0.251 e. The number of Topliss-reactive ketones (excluding diaryl/α,β-unsaturated/α-hetero) is 1. The molecule has 3 amide bonds. The quantitative estimate of drug-likeness (QED) is 0.546. The van der Waals surface area contributed by atoms with Crippen LogP contribution in [0.1, 0.15) is 56.8 Å². The SMILES string of the molecule is CCCC(N)C(=O)N1CC(=O)C2C1CCN2C(=O)C(CC(C)C)NC(=O)c1ccc(N(C)C)cc1.